The highest BCUT2D eigenvalue weighted by atomic mass is 16.5. The van der Waals surface area contributed by atoms with Gasteiger partial charge in [0.1, 0.15) is 6.61 Å². The number of carbonyl (C=O) groups excluding carboxylic acids is 1. The first-order valence-electron chi connectivity index (χ1n) is 6.58. The molecule has 5 nitrogen and oxygen atoms in total. The zero-order chi connectivity index (χ0) is 14.9. The number of rotatable bonds is 3. The highest BCUT2D eigenvalue weighted by molar-refractivity contribution is 5.97. The maximum absolute atomic E-state index is 12.2. The lowest BCUT2D eigenvalue weighted by Gasteiger charge is -2.22. The van der Waals surface area contributed by atoms with Crippen LogP contribution >= 0.6 is 0 Å². The Morgan fingerprint density at radius 1 is 1.35 bits per heavy atom. The third-order valence-corrected chi connectivity index (χ3v) is 3.15. The van der Waals surface area contributed by atoms with E-state index in [1.165, 1.54) is 6.07 Å². The van der Waals surface area contributed by atoms with E-state index in [1.54, 1.807) is 17.0 Å². The second-order valence-corrected chi connectivity index (χ2v) is 5.85. The fraction of sp³-hybridized carbons (Fsp3) is 0.467. The molecule has 0 fully saturated rings. The van der Waals surface area contributed by atoms with Gasteiger partial charge in [-0.1, -0.05) is 0 Å². The Bertz CT molecular complexity index is 545. The summed E-state index contributed by atoms with van der Waals surface area (Å²) in [5, 5.41) is 8.96. The molecule has 20 heavy (non-hydrogen) atoms. The molecule has 0 bridgehead atoms. The van der Waals surface area contributed by atoms with Gasteiger partial charge in [-0.2, -0.15) is 0 Å². The minimum atomic E-state index is -0.950. The van der Waals surface area contributed by atoms with Crippen molar-refractivity contribution in [3.63, 3.8) is 0 Å². The Balaban J connectivity index is 2.12. The monoisotopic (exact) mass is 277 g/mol. The number of amides is 1. The van der Waals surface area contributed by atoms with Gasteiger partial charge < -0.3 is 14.7 Å². The molecule has 0 spiro atoms. The van der Waals surface area contributed by atoms with E-state index >= 15 is 0 Å². The van der Waals surface area contributed by atoms with Crippen LogP contribution in [0.2, 0.25) is 0 Å². The van der Waals surface area contributed by atoms with Crippen LogP contribution in [0.1, 0.15) is 36.7 Å². The van der Waals surface area contributed by atoms with Crippen molar-refractivity contribution in [3.8, 4) is 0 Å². The molecule has 1 aliphatic rings. The van der Waals surface area contributed by atoms with Gasteiger partial charge in [-0.3, -0.25) is 4.79 Å². The molecule has 2 rings (SSSR count). The minimum absolute atomic E-state index is 0.0314. The smallest absolute Gasteiger partial charge is 0.335 e. The van der Waals surface area contributed by atoms with E-state index in [-0.39, 0.29) is 23.7 Å². The molecule has 1 aromatic rings. The maximum atomic E-state index is 12.2. The number of benzene rings is 1. The van der Waals surface area contributed by atoms with Crippen LogP contribution in [0.3, 0.4) is 0 Å². The molecule has 1 aliphatic heterocycles. The summed E-state index contributed by atoms with van der Waals surface area (Å²) < 4.78 is 5.50. The van der Waals surface area contributed by atoms with Crippen LogP contribution in [0.4, 0.5) is 5.69 Å². The Morgan fingerprint density at radius 3 is 2.65 bits per heavy atom. The van der Waals surface area contributed by atoms with E-state index in [0.29, 0.717) is 13.0 Å². The first-order valence-corrected chi connectivity index (χ1v) is 6.58. The van der Waals surface area contributed by atoms with Gasteiger partial charge >= 0.3 is 5.97 Å². The zero-order valence-electron chi connectivity index (χ0n) is 12.0. The van der Waals surface area contributed by atoms with Gasteiger partial charge in [-0.15, -0.1) is 0 Å². The van der Waals surface area contributed by atoms with Crippen molar-refractivity contribution in [2.75, 3.05) is 18.1 Å². The Morgan fingerprint density at radius 2 is 2.05 bits per heavy atom. The quantitative estimate of drug-likeness (QED) is 0.918. The van der Waals surface area contributed by atoms with Gasteiger partial charge in [0.05, 0.1) is 11.2 Å². The molecule has 0 saturated heterocycles. The normalized spacial score (nSPS) is 14.2. The van der Waals surface area contributed by atoms with Gasteiger partial charge in [0, 0.05) is 12.2 Å². The van der Waals surface area contributed by atoms with E-state index < -0.39 is 5.97 Å². The molecule has 0 atom stereocenters. The summed E-state index contributed by atoms with van der Waals surface area (Å²) in [5.74, 6) is -1.05. The largest absolute Gasteiger partial charge is 0.478 e. The second kappa shape index (κ2) is 5.25. The van der Waals surface area contributed by atoms with Gasteiger partial charge in [0.2, 0.25) is 0 Å². The van der Waals surface area contributed by atoms with Gasteiger partial charge in [0.25, 0.3) is 5.91 Å². The van der Waals surface area contributed by atoms with Crippen LogP contribution < -0.4 is 4.90 Å². The van der Waals surface area contributed by atoms with Crippen LogP contribution in [-0.4, -0.2) is 35.7 Å². The molecule has 108 valence electrons. The van der Waals surface area contributed by atoms with Crippen molar-refractivity contribution in [3.05, 3.63) is 29.3 Å². The number of carbonyl (C=O) groups is 2. The topological polar surface area (TPSA) is 66.8 Å². The maximum Gasteiger partial charge on any atom is 0.335 e. The van der Waals surface area contributed by atoms with Crippen molar-refractivity contribution < 1.29 is 19.4 Å². The number of nitrogens with zero attached hydrogens (tertiary/aromatic N) is 1. The summed E-state index contributed by atoms with van der Waals surface area (Å²) in [5.41, 5.74) is 1.58. The van der Waals surface area contributed by atoms with Crippen molar-refractivity contribution in [1.82, 2.24) is 0 Å². The van der Waals surface area contributed by atoms with Crippen LogP contribution in [-0.2, 0) is 16.0 Å². The minimum Gasteiger partial charge on any atom is -0.478 e. The first-order chi connectivity index (χ1) is 9.28. The zero-order valence-corrected chi connectivity index (χ0v) is 12.0. The van der Waals surface area contributed by atoms with E-state index in [4.69, 9.17) is 9.84 Å². The highest BCUT2D eigenvalue weighted by Gasteiger charge is 2.26. The summed E-state index contributed by atoms with van der Waals surface area (Å²) in [4.78, 5) is 24.7. The van der Waals surface area contributed by atoms with Crippen molar-refractivity contribution >= 4 is 17.6 Å². The Kier molecular flexibility index (Phi) is 3.81. The lowest BCUT2D eigenvalue weighted by molar-refractivity contribution is -0.127. The van der Waals surface area contributed by atoms with Crippen LogP contribution in [0.15, 0.2) is 18.2 Å². The number of hydrogen-bond donors (Lipinski definition) is 1. The lowest BCUT2D eigenvalue weighted by Crippen LogP contribution is -2.35. The van der Waals surface area contributed by atoms with E-state index in [2.05, 4.69) is 0 Å². The number of anilines is 1. The third-order valence-electron chi connectivity index (χ3n) is 3.15. The molecule has 0 saturated carbocycles. The SMILES string of the molecule is CC(C)(C)OCC(=O)N1CCc2cc(C(=O)O)ccc21. The molecule has 1 N–H and O–H groups in total. The Hall–Kier alpha value is -1.88. The number of fused-ring (bicyclic) bond motifs is 1. The molecule has 0 aromatic heterocycles. The van der Waals surface area contributed by atoms with Crippen LogP contribution in [0.25, 0.3) is 0 Å². The fourth-order valence-corrected chi connectivity index (χ4v) is 2.15. The molecule has 0 unspecified atom stereocenters. The number of hydrogen-bond acceptors (Lipinski definition) is 3. The van der Waals surface area contributed by atoms with Gasteiger partial charge in [-0.05, 0) is 51.0 Å². The standard InChI is InChI=1S/C15H19NO4/c1-15(2,3)20-9-13(17)16-7-6-10-8-11(14(18)19)4-5-12(10)16/h4-5,8H,6-7,9H2,1-3H3,(H,18,19). The fourth-order valence-electron chi connectivity index (χ4n) is 2.15. The van der Waals surface area contributed by atoms with Crippen molar-refractivity contribution in [2.45, 2.75) is 32.8 Å². The molecule has 1 amide bonds. The first kappa shape index (κ1) is 14.5. The third kappa shape index (κ3) is 3.17. The number of ether oxygens (including phenoxy) is 1. The number of aromatic carboxylic acids is 1. The lowest BCUT2D eigenvalue weighted by atomic mass is 10.1. The average molecular weight is 277 g/mol. The van der Waals surface area contributed by atoms with E-state index in [1.807, 2.05) is 20.8 Å². The second-order valence-electron chi connectivity index (χ2n) is 5.85. The summed E-state index contributed by atoms with van der Waals surface area (Å²) in [7, 11) is 0. The van der Waals surface area contributed by atoms with Gasteiger partial charge in [0.15, 0.2) is 0 Å². The average Bonchev–Trinajstić information content (AvgIpc) is 2.77. The molecular formula is C15H19NO4. The van der Waals surface area contributed by atoms with E-state index in [0.717, 1.165) is 11.3 Å². The van der Waals surface area contributed by atoms with Crippen molar-refractivity contribution in [1.29, 1.82) is 0 Å². The summed E-state index contributed by atoms with van der Waals surface area (Å²) in [6.45, 7) is 6.31. The van der Waals surface area contributed by atoms with E-state index in [9.17, 15) is 9.59 Å². The molecule has 0 aliphatic carbocycles. The Labute approximate surface area is 118 Å². The molecule has 1 aromatic carbocycles. The predicted octanol–water partition coefficient (Wildman–Crippen LogP) is 2.09. The number of carboxylic acid groups (broad SMARTS) is 1. The molecule has 1 heterocycles. The summed E-state index contributed by atoms with van der Waals surface area (Å²) in [6.07, 6.45) is 0.678. The van der Waals surface area contributed by atoms with Crippen LogP contribution in [0, 0.1) is 0 Å². The molecule has 5 heteroatoms. The van der Waals surface area contributed by atoms with Crippen molar-refractivity contribution in [2.24, 2.45) is 0 Å². The molecule has 0 radical (unpaired) electrons. The molecular weight excluding hydrogens is 258 g/mol. The summed E-state index contributed by atoms with van der Waals surface area (Å²) in [6, 6.07) is 4.85. The summed E-state index contributed by atoms with van der Waals surface area (Å²) >= 11 is 0. The van der Waals surface area contributed by atoms with Gasteiger partial charge in [-0.25, -0.2) is 4.79 Å². The predicted molar refractivity (Wildman–Crippen MR) is 75.2 cm³/mol. The highest BCUT2D eigenvalue weighted by Crippen LogP contribution is 2.29. The van der Waals surface area contributed by atoms with Crippen LogP contribution in [0.5, 0.6) is 0 Å². The number of carboxylic acids is 1.